The van der Waals surface area contributed by atoms with Crippen molar-refractivity contribution in [3.8, 4) is 0 Å². The first-order valence-electron chi connectivity index (χ1n) is 10.3. The van der Waals surface area contributed by atoms with Crippen LogP contribution in [0, 0.1) is 0 Å². The van der Waals surface area contributed by atoms with Crippen molar-refractivity contribution in [1.82, 2.24) is 9.88 Å². The van der Waals surface area contributed by atoms with Crippen molar-refractivity contribution in [3.05, 3.63) is 65.3 Å². The summed E-state index contributed by atoms with van der Waals surface area (Å²) in [5.74, 6) is -0.964. The SMILES string of the molecule is O=C(CS(=O)(=O)c1cn(Cc2ccccc2Cl)c2ccccc12)NC1CCCCC1. The Bertz CT molecular complexity index is 1160. The Morgan fingerprint density at radius 3 is 2.50 bits per heavy atom. The summed E-state index contributed by atoms with van der Waals surface area (Å²) in [7, 11) is -3.78. The Labute approximate surface area is 182 Å². The van der Waals surface area contributed by atoms with Gasteiger partial charge in [0.25, 0.3) is 0 Å². The topological polar surface area (TPSA) is 68.2 Å². The highest BCUT2D eigenvalue weighted by molar-refractivity contribution is 7.92. The zero-order valence-corrected chi connectivity index (χ0v) is 18.3. The molecule has 1 aromatic heterocycles. The second-order valence-electron chi connectivity index (χ2n) is 7.89. The third-order valence-corrected chi connectivity index (χ3v) is 7.68. The van der Waals surface area contributed by atoms with Crippen LogP contribution in [0.25, 0.3) is 10.9 Å². The Morgan fingerprint density at radius 2 is 1.73 bits per heavy atom. The fraction of sp³-hybridized carbons (Fsp3) is 0.348. The normalized spacial score (nSPS) is 15.4. The maximum atomic E-state index is 13.1. The summed E-state index contributed by atoms with van der Waals surface area (Å²) in [6.07, 6.45) is 6.79. The molecule has 2 aromatic carbocycles. The van der Waals surface area contributed by atoms with E-state index in [1.54, 1.807) is 12.3 Å². The first kappa shape index (κ1) is 20.9. The molecule has 0 spiro atoms. The van der Waals surface area contributed by atoms with Crippen LogP contribution in [-0.4, -0.2) is 30.7 Å². The van der Waals surface area contributed by atoms with Gasteiger partial charge in [-0.3, -0.25) is 4.79 Å². The van der Waals surface area contributed by atoms with E-state index in [1.165, 1.54) is 6.42 Å². The molecule has 30 heavy (non-hydrogen) atoms. The lowest BCUT2D eigenvalue weighted by atomic mass is 9.95. The average molecular weight is 445 g/mol. The summed E-state index contributed by atoms with van der Waals surface area (Å²) >= 11 is 6.30. The Balaban J connectivity index is 1.61. The van der Waals surface area contributed by atoms with Gasteiger partial charge in [0.15, 0.2) is 9.84 Å². The van der Waals surface area contributed by atoms with E-state index in [4.69, 9.17) is 11.6 Å². The minimum Gasteiger partial charge on any atom is -0.352 e. The van der Waals surface area contributed by atoms with Crippen molar-refractivity contribution >= 4 is 38.2 Å². The number of rotatable bonds is 6. The van der Waals surface area contributed by atoms with Crippen molar-refractivity contribution in [2.24, 2.45) is 0 Å². The summed E-state index contributed by atoms with van der Waals surface area (Å²) < 4.78 is 28.1. The van der Waals surface area contributed by atoms with Gasteiger partial charge in [-0.15, -0.1) is 0 Å². The van der Waals surface area contributed by atoms with Crippen LogP contribution in [-0.2, 0) is 21.2 Å². The van der Waals surface area contributed by atoms with E-state index in [-0.39, 0.29) is 10.9 Å². The van der Waals surface area contributed by atoms with E-state index in [0.717, 1.165) is 36.8 Å². The van der Waals surface area contributed by atoms with Crippen LogP contribution < -0.4 is 5.32 Å². The quantitative estimate of drug-likeness (QED) is 0.605. The molecule has 0 radical (unpaired) electrons. The molecule has 0 unspecified atom stereocenters. The van der Waals surface area contributed by atoms with Gasteiger partial charge in [-0.2, -0.15) is 0 Å². The molecule has 1 saturated carbocycles. The molecule has 1 heterocycles. The van der Waals surface area contributed by atoms with E-state index in [2.05, 4.69) is 5.32 Å². The molecule has 1 aliphatic rings. The highest BCUT2D eigenvalue weighted by Crippen LogP contribution is 2.28. The Morgan fingerprint density at radius 1 is 1.03 bits per heavy atom. The third kappa shape index (κ3) is 4.55. The molecule has 158 valence electrons. The highest BCUT2D eigenvalue weighted by Gasteiger charge is 2.26. The lowest BCUT2D eigenvalue weighted by Crippen LogP contribution is -2.39. The molecule has 0 bridgehead atoms. The molecule has 1 aliphatic carbocycles. The average Bonchev–Trinajstić information content (AvgIpc) is 3.10. The lowest BCUT2D eigenvalue weighted by molar-refractivity contribution is -0.119. The summed E-state index contributed by atoms with van der Waals surface area (Å²) in [5, 5.41) is 4.16. The van der Waals surface area contributed by atoms with E-state index in [9.17, 15) is 13.2 Å². The monoisotopic (exact) mass is 444 g/mol. The number of carbonyl (C=O) groups is 1. The van der Waals surface area contributed by atoms with E-state index in [0.29, 0.717) is 17.0 Å². The Hall–Kier alpha value is -2.31. The van der Waals surface area contributed by atoms with E-state index >= 15 is 0 Å². The first-order valence-corrected chi connectivity index (χ1v) is 12.3. The number of carbonyl (C=O) groups excluding carboxylic acids is 1. The van der Waals surface area contributed by atoms with Crippen molar-refractivity contribution < 1.29 is 13.2 Å². The first-order chi connectivity index (χ1) is 14.4. The molecule has 5 nitrogen and oxygen atoms in total. The summed E-state index contributed by atoms with van der Waals surface area (Å²) in [4.78, 5) is 12.6. The second kappa shape index (κ2) is 8.82. The maximum absolute atomic E-state index is 13.1. The summed E-state index contributed by atoms with van der Waals surface area (Å²) in [6.45, 7) is 0.448. The molecule has 0 aliphatic heterocycles. The zero-order chi connectivity index (χ0) is 21.1. The minimum absolute atomic E-state index is 0.0861. The molecular weight excluding hydrogens is 420 g/mol. The van der Waals surface area contributed by atoms with Gasteiger partial charge in [-0.25, -0.2) is 8.42 Å². The van der Waals surface area contributed by atoms with Crippen molar-refractivity contribution in [2.75, 3.05) is 5.75 Å². The van der Waals surface area contributed by atoms with E-state index in [1.807, 2.05) is 47.0 Å². The highest BCUT2D eigenvalue weighted by atomic mass is 35.5. The van der Waals surface area contributed by atoms with E-state index < -0.39 is 21.5 Å². The van der Waals surface area contributed by atoms with Crippen LogP contribution >= 0.6 is 11.6 Å². The number of nitrogens with zero attached hydrogens (tertiary/aromatic N) is 1. The predicted octanol–water partition coefficient (Wildman–Crippen LogP) is 4.57. The van der Waals surface area contributed by atoms with Crippen molar-refractivity contribution in [2.45, 2.75) is 49.6 Å². The number of benzene rings is 2. The standard InChI is InChI=1S/C23H25ClN2O3S/c24-20-12-6-4-8-17(20)14-26-15-22(19-11-5-7-13-21(19)26)30(28,29)16-23(27)25-18-9-2-1-3-10-18/h4-8,11-13,15,18H,1-3,9-10,14,16H2,(H,25,27). The van der Waals surface area contributed by atoms with Crippen molar-refractivity contribution in [3.63, 3.8) is 0 Å². The molecule has 4 rings (SSSR count). The van der Waals surface area contributed by atoms with Crippen LogP contribution in [0.3, 0.4) is 0 Å². The molecule has 0 saturated heterocycles. The van der Waals surface area contributed by atoms with Crippen LogP contribution in [0.5, 0.6) is 0 Å². The fourth-order valence-corrected chi connectivity index (χ4v) is 5.74. The predicted molar refractivity (Wildman–Crippen MR) is 120 cm³/mol. The molecule has 3 aromatic rings. The number of hydrogen-bond donors (Lipinski definition) is 1. The lowest BCUT2D eigenvalue weighted by Gasteiger charge is -2.22. The van der Waals surface area contributed by atoms with Gasteiger partial charge in [-0.1, -0.05) is 67.3 Å². The number of aromatic nitrogens is 1. The van der Waals surface area contributed by atoms with Crippen molar-refractivity contribution in [1.29, 1.82) is 0 Å². The smallest absolute Gasteiger partial charge is 0.235 e. The molecule has 1 amide bonds. The molecule has 7 heteroatoms. The number of sulfone groups is 1. The summed E-state index contributed by atoms with van der Waals surface area (Å²) in [6, 6.07) is 14.9. The number of para-hydroxylation sites is 1. The van der Waals surface area contributed by atoms with Gasteiger partial charge in [0.2, 0.25) is 5.91 Å². The number of amides is 1. The van der Waals surface area contributed by atoms with Crippen LogP contribution in [0.1, 0.15) is 37.7 Å². The molecule has 1 N–H and O–H groups in total. The fourth-order valence-electron chi connectivity index (χ4n) is 4.17. The number of nitrogens with one attached hydrogen (secondary N) is 1. The largest absolute Gasteiger partial charge is 0.352 e. The van der Waals surface area contributed by atoms with Gasteiger partial charge in [0.1, 0.15) is 5.75 Å². The van der Waals surface area contributed by atoms with Gasteiger partial charge in [0, 0.05) is 34.7 Å². The maximum Gasteiger partial charge on any atom is 0.235 e. The second-order valence-corrected chi connectivity index (χ2v) is 10.3. The molecular formula is C23H25ClN2O3S. The van der Waals surface area contributed by atoms with Gasteiger partial charge in [0.05, 0.1) is 4.90 Å². The Kier molecular flexibility index (Phi) is 6.16. The number of fused-ring (bicyclic) bond motifs is 1. The summed E-state index contributed by atoms with van der Waals surface area (Å²) in [5.41, 5.74) is 1.70. The molecule has 0 atom stereocenters. The zero-order valence-electron chi connectivity index (χ0n) is 16.7. The van der Waals surface area contributed by atoms with Gasteiger partial charge < -0.3 is 9.88 Å². The van der Waals surface area contributed by atoms with Crippen LogP contribution in [0.2, 0.25) is 5.02 Å². The van der Waals surface area contributed by atoms with Crippen LogP contribution in [0.15, 0.2) is 59.6 Å². The van der Waals surface area contributed by atoms with Gasteiger partial charge in [-0.05, 0) is 30.5 Å². The number of halogens is 1. The van der Waals surface area contributed by atoms with Gasteiger partial charge >= 0.3 is 0 Å². The van der Waals surface area contributed by atoms with Crippen LogP contribution in [0.4, 0.5) is 0 Å². The third-order valence-electron chi connectivity index (χ3n) is 5.68. The minimum atomic E-state index is -3.78. The number of hydrogen-bond acceptors (Lipinski definition) is 3. The molecule has 1 fully saturated rings.